The zero-order chi connectivity index (χ0) is 13.8. The van der Waals surface area contributed by atoms with E-state index in [1.807, 2.05) is 32.0 Å². The second-order valence-corrected chi connectivity index (χ2v) is 5.86. The number of hydrogen-bond donors (Lipinski definition) is 1. The van der Waals surface area contributed by atoms with Crippen LogP contribution >= 0.6 is 22.9 Å². The predicted octanol–water partition coefficient (Wildman–Crippen LogP) is 3.78. The highest BCUT2D eigenvalue weighted by atomic mass is 35.5. The van der Waals surface area contributed by atoms with Crippen molar-refractivity contribution in [2.24, 2.45) is 5.10 Å². The Hall–Kier alpha value is -1.65. The zero-order valence-corrected chi connectivity index (χ0v) is 12.2. The number of rotatable bonds is 3. The Morgan fingerprint density at radius 3 is 2.74 bits per heavy atom. The molecule has 2 aromatic rings. The molecule has 0 saturated heterocycles. The minimum atomic E-state index is -0.311. The van der Waals surface area contributed by atoms with E-state index < -0.39 is 0 Å². The number of aryl methyl sites for hydroxylation is 2. The Morgan fingerprint density at radius 1 is 1.32 bits per heavy atom. The smallest absolute Gasteiger partial charge is 0.267 e. The van der Waals surface area contributed by atoms with E-state index in [0.717, 1.165) is 10.4 Å². The van der Waals surface area contributed by atoms with Crippen molar-refractivity contribution >= 4 is 35.1 Å². The fourth-order valence-corrected chi connectivity index (χ4v) is 2.61. The molecule has 0 aliphatic rings. The lowest BCUT2D eigenvalue weighted by Crippen LogP contribution is -2.17. The fourth-order valence-electron chi connectivity index (χ4n) is 1.54. The van der Waals surface area contributed by atoms with Gasteiger partial charge in [0.1, 0.15) is 0 Å². The molecule has 0 unspecified atom stereocenters. The zero-order valence-electron chi connectivity index (χ0n) is 10.6. The summed E-state index contributed by atoms with van der Waals surface area (Å²) < 4.78 is 0. The molecule has 1 N–H and O–H groups in total. The van der Waals surface area contributed by atoms with Gasteiger partial charge in [0.15, 0.2) is 0 Å². The van der Waals surface area contributed by atoms with Crippen molar-refractivity contribution in [3.05, 3.63) is 56.2 Å². The van der Waals surface area contributed by atoms with Gasteiger partial charge in [-0.05, 0) is 43.7 Å². The number of halogens is 1. The van der Waals surface area contributed by atoms with E-state index in [1.165, 1.54) is 4.88 Å². The number of carbonyl (C=O) groups is 1. The summed E-state index contributed by atoms with van der Waals surface area (Å²) in [5.41, 5.74) is 3.91. The number of thiophene rings is 1. The fraction of sp³-hybridized carbons (Fsp3) is 0.143. The molecular weight excluding hydrogens is 280 g/mol. The molecule has 19 heavy (non-hydrogen) atoms. The molecule has 1 aromatic carbocycles. The van der Waals surface area contributed by atoms with E-state index in [2.05, 4.69) is 10.5 Å². The molecule has 5 heteroatoms. The summed E-state index contributed by atoms with van der Waals surface area (Å²) in [4.78, 5) is 14.1. The van der Waals surface area contributed by atoms with Gasteiger partial charge in [-0.3, -0.25) is 4.79 Å². The number of carbonyl (C=O) groups excluding carboxylic acids is 1. The molecule has 98 valence electrons. The lowest BCUT2D eigenvalue weighted by atomic mass is 10.1. The lowest BCUT2D eigenvalue weighted by molar-refractivity contribution is 0.0955. The Kier molecular flexibility index (Phi) is 4.35. The van der Waals surface area contributed by atoms with E-state index >= 15 is 0 Å². The second-order valence-electron chi connectivity index (χ2n) is 4.13. The van der Waals surface area contributed by atoms with Crippen LogP contribution in [0.5, 0.6) is 0 Å². The molecule has 0 aliphatic carbocycles. The predicted molar refractivity (Wildman–Crippen MR) is 80.3 cm³/mol. The van der Waals surface area contributed by atoms with Gasteiger partial charge in [-0.1, -0.05) is 17.7 Å². The van der Waals surface area contributed by atoms with E-state index in [4.69, 9.17) is 11.6 Å². The van der Waals surface area contributed by atoms with Crippen molar-refractivity contribution in [3.8, 4) is 0 Å². The van der Waals surface area contributed by atoms with Crippen LogP contribution in [0.25, 0.3) is 0 Å². The average molecular weight is 293 g/mol. The molecule has 1 amide bonds. The summed E-state index contributed by atoms with van der Waals surface area (Å²) in [6.07, 6.45) is 1.62. The quantitative estimate of drug-likeness (QED) is 0.679. The Balaban J connectivity index is 2.03. The normalized spacial score (nSPS) is 10.9. The van der Waals surface area contributed by atoms with Gasteiger partial charge < -0.3 is 0 Å². The second kappa shape index (κ2) is 5.99. The van der Waals surface area contributed by atoms with Gasteiger partial charge in [0.25, 0.3) is 5.91 Å². The van der Waals surface area contributed by atoms with Crippen molar-refractivity contribution in [2.45, 2.75) is 13.8 Å². The minimum absolute atomic E-state index is 0.311. The molecule has 0 spiro atoms. The standard InChI is InChI=1S/C14H13ClN2OS/c1-9-3-6-12(13(15)7-9)14(18)17-16-8-11-5-4-10(2)19-11/h3-8H,1-2H3,(H,17,18)/b16-8-. The van der Waals surface area contributed by atoms with E-state index in [9.17, 15) is 4.79 Å². The first-order valence-corrected chi connectivity index (χ1v) is 6.92. The Bertz CT molecular complexity index is 634. The van der Waals surface area contributed by atoms with Gasteiger partial charge in [-0.25, -0.2) is 5.43 Å². The van der Waals surface area contributed by atoms with Crippen LogP contribution in [0.1, 0.15) is 25.7 Å². The maximum absolute atomic E-state index is 11.9. The first kappa shape index (κ1) is 13.8. The van der Waals surface area contributed by atoms with Crippen LogP contribution in [0, 0.1) is 13.8 Å². The molecule has 1 heterocycles. The number of amides is 1. The van der Waals surface area contributed by atoms with Gasteiger partial charge >= 0.3 is 0 Å². The van der Waals surface area contributed by atoms with Crippen LogP contribution in [-0.4, -0.2) is 12.1 Å². The summed E-state index contributed by atoms with van der Waals surface area (Å²) in [6, 6.07) is 9.24. The monoisotopic (exact) mass is 292 g/mol. The van der Waals surface area contributed by atoms with Crippen LogP contribution in [0.4, 0.5) is 0 Å². The van der Waals surface area contributed by atoms with Gasteiger partial charge in [-0.2, -0.15) is 5.10 Å². The maximum atomic E-state index is 11.9. The number of benzene rings is 1. The van der Waals surface area contributed by atoms with E-state index in [0.29, 0.717) is 10.6 Å². The van der Waals surface area contributed by atoms with Crippen molar-refractivity contribution in [1.29, 1.82) is 0 Å². The lowest BCUT2D eigenvalue weighted by Gasteiger charge is -2.03. The number of nitrogens with one attached hydrogen (secondary N) is 1. The van der Waals surface area contributed by atoms with Gasteiger partial charge in [0.05, 0.1) is 16.8 Å². The highest BCUT2D eigenvalue weighted by molar-refractivity contribution is 7.13. The summed E-state index contributed by atoms with van der Waals surface area (Å²) in [5.74, 6) is -0.311. The topological polar surface area (TPSA) is 41.5 Å². The molecule has 0 aliphatic heterocycles. The summed E-state index contributed by atoms with van der Waals surface area (Å²) in [5, 5.41) is 4.35. The number of nitrogens with zero attached hydrogens (tertiary/aromatic N) is 1. The first-order valence-electron chi connectivity index (χ1n) is 5.72. The average Bonchev–Trinajstić information content (AvgIpc) is 2.75. The number of hydrogen-bond acceptors (Lipinski definition) is 3. The van der Waals surface area contributed by atoms with Crippen molar-refractivity contribution < 1.29 is 4.79 Å². The van der Waals surface area contributed by atoms with Gasteiger partial charge in [-0.15, -0.1) is 11.3 Å². The minimum Gasteiger partial charge on any atom is -0.267 e. The van der Waals surface area contributed by atoms with Crippen LogP contribution in [-0.2, 0) is 0 Å². The molecule has 3 nitrogen and oxygen atoms in total. The highest BCUT2D eigenvalue weighted by Gasteiger charge is 2.08. The molecule has 2 rings (SSSR count). The third-order valence-corrected chi connectivity index (χ3v) is 3.74. The van der Waals surface area contributed by atoms with E-state index in [1.54, 1.807) is 29.7 Å². The van der Waals surface area contributed by atoms with Crippen molar-refractivity contribution in [1.82, 2.24) is 5.43 Å². The van der Waals surface area contributed by atoms with Crippen LogP contribution in [0.15, 0.2) is 35.4 Å². The SMILES string of the molecule is Cc1ccc(C(=O)N/N=C\c2ccc(C)s2)c(Cl)c1. The summed E-state index contributed by atoms with van der Waals surface area (Å²) in [6.45, 7) is 3.94. The Morgan fingerprint density at radius 2 is 2.11 bits per heavy atom. The molecule has 0 bridgehead atoms. The third-order valence-electron chi connectivity index (χ3n) is 2.49. The van der Waals surface area contributed by atoms with Crippen LogP contribution in [0.2, 0.25) is 5.02 Å². The molecule has 0 fully saturated rings. The molecule has 0 saturated carbocycles. The van der Waals surface area contributed by atoms with Crippen LogP contribution in [0.3, 0.4) is 0 Å². The Labute approximate surface area is 120 Å². The van der Waals surface area contributed by atoms with Gasteiger partial charge in [0.2, 0.25) is 0 Å². The third kappa shape index (κ3) is 3.66. The molecule has 1 aromatic heterocycles. The summed E-state index contributed by atoms with van der Waals surface area (Å²) in [7, 11) is 0. The largest absolute Gasteiger partial charge is 0.272 e. The van der Waals surface area contributed by atoms with Gasteiger partial charge in [0, 0.05) is 9.75 Å². The summed E-state index contributed by atoms with van der Waals surface area (Å²) >= 11 is 7.63. The molecule has 0 radical (unpaired) electrons. The number of hydrazone groups is 1. The van der Waals surface area contributed by atoms with Crippen molar-refractivity contribution in [3.63, 3.8) is 0 Å². The highest BCUT2D eigenvalue weighted by Crippen LogP contribution is 2.17. The van der Waals surface area contributed by atoms with E-state index in [-0.39, 0.29) is 5.91 Å². The van der Waals surface area contributed by atoms with Crippen molar-refractivity contribution in [2.75, 3.05) is 0 Å². The molecular formula is C14H13ClN2OS. The maximum Gasteiger partial charge on any atom is 0.272 e. The first-order chi connectivity index (χ1) is 9.06. The van der Waals surface area contributed by atoms with Crippen LogP contribution < -0.4 is 5.43 Å². The molecule has 0 atom stereocenters.